The third-order valence-electron chi connectivity index (χ3n) is 1.83. The van der Waals surface area contributed by atoms with E-state index in [0.717, 1.165) is 6.33 Å². The highest BCUT2D eigenvalue weighted by molar-refractivity contribution is 6.30. The fourth-order valence-electron chi connectivity index (χ4n) is 1.11. The van der Waals surface area contributed by atoms with Crippen molar-refractivity contribution < 1.29 is 8.78 Å². The average Bonchev–Trinajstić information content (AvgIpc) is 2.17. The number of halogens is 3. The lowest BCUT2D eigenvalue weighted by Crippen LogP contribution is -2.29. The van der Waals surface area contributed by atoms with Crippen LogP contribution in [-0.4, -0.2) is 30.6 Å². The van der Waals surface area contributed by atoms with Crippen molar-refractivity contribution in [2.24, 2.45) is 5.73 Å². The highest BCUT2D eigenvalue weighted by Crippen LogP contribution is 2.36. The molecule has 84 valence electrons. The summed E-state index contributed by atoms with van der Waals surface area (Å²) in [6.07, 6.45) is 1.13. The Morgan fingerprint density at radius 2 is 2.07 bits per heavy atom. The molecule has 2 N–H and O–H groups in total. The van der Waals surface area contributed by atoms with Crippen LogP contribution >= 0.6 is 11.6 Å². The SMILES string of the molecule is CN(C)c1ncnc(Cl)c1C(F)(F)CN. The molecule has 0 aliphatic rings. The first-order valence-electron chi connectivity index (χ1n) is 4.16. The topological polar surface area (TPSA) is 55.0 Å². The minimum absolute atomic E-state index is 0.0745. The molecule has 0 aromatic carbocycles. The van der Waals surface area contributed by atoms with Crippen molar-refractivity contribution in [1.82, 2.24) is 9.97 Å². The summed E-state index contributed by atoms with van der Waals surface area (Å²) in [5.41, 5.74) is 4.56. The number of anilines is 1. The summed E-state index contributed by atoms with van der Waals surface area (Å²) < 4.78 is 26.9. The van der Waals surface area contributed by atoms with Crippen molar-refractivity contribution in [3.05, 3.63) is 17.0 Å². The smallest absolute Gasteiger partial charge is 0.291 e. The van der Waals surface area contributed by atoms with Gasteiger partial charge in [-0.15, -0.1) is 0 Å². The van der Waals surface area contributed by atoms with Gasteiger partial charge < -0.3 is 10.6 Å². The second kappa shape index (κ2) is 4.24. The van der Waals surface area contributed by atoms with Gasteiger partial charge in [-0.3, -0.25) is 0 Å². The Kier molecular flexibility index (Phi) is 3.41. The van der Waals surface area contributed by atoms with Gasteiger partial charge in [0.15, 0.2) is 0 Å². The Morgan fingerprint density at radius 1 is 1.47 bits per heavy atom. The lowest BCUT2D eigenvalue weighted by atomic mass is 10.1. The number of alkyl halides is 2. The van der Waals surface area contributed by atoms with Gasteiger partial charge in [0.05, 0.1) is 6.54 Å². The van der Waals surface area contributed by atoms with Crippen LogP contribution in [0.25, 0.3) is 0 Å². The van der Waals surface area contributed by atoms with Crippen LogP contribution in [0, 0.1) is 0 Å². The molecule has 0 unspecified atom stereocenters. The van der Waals surface area contributed by atoms with E-state index in [2.05, 4.69) is 9.97 Å². The van der Waals surface area contributed by atoms with E-state index in [9.17, 15) is 8.78 Å². The van der Waals surface area contributed by atoms with Gasteiger partial charge in [-0.25, -0.2) is 9.97 Å². The van der Waals surface area contributed by atoms with E-state index in [0.29, 0.717) is 0 Å². The van der Waals surface area contributed by atoms with Gasteiger partial charge in [-0.2, -0.15) is 8.78 Å². The molecule has 1 rings (SSSR count). The van der Waals surface area contributed by atoms with Crippen LogP contribution in [0.3, 0.4) is 0 Å². The van der Waals surface area contributed by atoms with Crippen molar-refractivity contribution in [3.8, 4) is 0 Å². The Morgan fingerprint density at radius 3 is 2.53 bits per heavy atom. The molecular weight excluding hydrogens is 226 g/mol. The zero-order valence-electron chi connectivity index (χ0n) is 8.34. The molecule has 1 aromatic heterocycles. The average molecular weight is 237 g/mol. The van der Waals surface area contributed by atoms with E-state index in [1.54, 1.807) is 14.1 Å². The van der Waals surface area contributed by atoms with E-state index in [1.165, 1.54) is 4.90 Å². The summed E-state index contributed by atoms with van der Waals surface area (Å²) in [7, 11) is 3.18. The van der Waals surface area contributed by atoms with Gasteiger partial charge in [0.2, 0.25) is 0 Å². The molecule has 0 fully saturated rings. The Bertz CT molecular complexity index is 356. The number of nitrogens with zero attached hydrogens (tertiary/aromatic N) is 3. The van der Waals surface area contributed by atoms with Gasteiger partial charge in [-0.05, 0) is 0 Å². The summed E-state index contributed by atoms with van der Waals surface area (Å²) in [6.45, 7) is -0.832. The van der Waals surface area contributed by atoms with Crippen molar-refractivity contribution in [2.45, 2.75) is 5.92 Å². The van der Waals surface area contributed by atoms with Crippen LogP contribution < -0.4 is 10.6 Å². The molecule has 0 atom stereocenters. The van der Waals surface area contributed by atoms with Gasteiger partial charge in [-0.1, -0.05) is 11.6 Å². The van der Waals surface area contributed by atoms with Crippen LogP contribution in [0.2, 0.25) is 5.15 Å². The third kappa shape index (κ3) is 2.32. The summed E-state index contributed by atoms with van der Waals surface area (Å²) >= 11 is 5.62. The first kappa shape index (κ1) is 12.1. The molecule has 0 bridgehead atoms. The fourth-order valence-corrected chi connectivity index (χ4v) is 1.38. The molecule has 15 heavy (non-hydrogen) atoms. The standard InChI is InChI=1S/C8H11ClF2N4/c1-15(2)7-5(8(10,11)3-12)6(9)13-4-14-7/h4H,3,12H2,1-2H3. The number of aromatic nitrogens is 2. The van der Waals surface area contributed by atoms with Crippen LogP contribution in [0.15, 0.2) is 6.33 Å². The second-order valence-corrected chi connectivity index (χ2v) is 3.52. The molecule has 0 saturated carbocycles. The number of nitrogens with two attached hydrogens (primary N) is 1. The molecule has 0 radical (unpaired) electrons. The Labute approximate surface area is 91.1 Å². The van der Waals surface area contributed by atoms with Crippen LogP contribution in [0.1, 0.15) is 5.56 Å². The van der Waals surface area contributed by atoms with Crippen LogP contribution in [0.4, 0.5) is 14.6 Å². The minimum atomic E-state index is -3.22. The second-order valence-electron chi connectivity index (χ2n) is 3.17. The predicted molar refractivity (Wildman–Crippen MR) is 54.3 cm³/mol. The quantitative estimate of drug-likeness (QED) is 0.803. The number of hydrogen-bond acceptors (Lipinski definition) is 4. The molecule has 0 amide bonds. The maximum atomic E-state index is 13.5. The molecule has 7 heteroatoms. The Hall–Kier alpha value is -1.01. The maximum absolute atomic E-state index is 13.5. The minimum Gasteiger partial charge on any atom is -0.362 e. The molecule has 1 aromatic rings. The number of hydrogen-bond donors (Lipinski definition) is 1. The van der Waals surface area contributed by atoms with Gasteiger partial charge >= 0.3 is 0 Å². The first-order valence-corrected chi connectivity index (χ1v) is 4.54. The summed E-state index contributed by atoms with van der Waals surface area (Å²) in [5, 5.41) is -0.274. The molecule has 0 saturated heterocycles. The lowest BCUT2D eigenvalue weighted by molar-refractivity contribution is 0.00596. The van der Waals surface area contributed by atoms with Crippen LogP contribution in [-0.2, 0) is 5.92 Å². The summed E-state index contributed by atoms with van der Waals surface area (Å²) in [5.74, 6) is -3.15. The van der Waals surface area contributed by atoms with Gasteiger partial charge in [0, 0.05) is 14.1 Å². The van der Waals surface area contributed by atoms with Crippen molar-refractivity contribution >= 4 is 17.4 Å². The summed E-state index contributed by atoms with van der Waals surface area (Å²) in [6, 6.07) is 0. The zero-order valence-corrected chi connectivity index (χ0v) is 9.09. The van der Waals surface area contributed by atoms with Crippen molar-refractivity contribution in [1.29, 1.82) is 0 Å². The van der Waals surface area contributed by atoms with Gasteiger partial charge in [0.25, 0.3) is 5.92 Å². The number of rotatable bonds is 3. The van der Waals surface area contributed by atoms with E-state index in [4.69, 9.17) is 17.3 Å². The van der Waals surface area contributed by atoms with Crippen molar-refractivity contribution in [3.63, 3.8) is 0 Å². The normalized spacial score (nSPS) is 11.6. The fraction of sp³-hybridized carbons (Fsp3) is 0.500. The molecule has 0 aliphatic carbocycles. The predicted octanol–water partition coefficient (Wildman–Crippen LogP) is 1.25. The molecular formula is C8H11ClF2N4. The van der Waals surface area contributed by atoms with Gasteiger partial charge in [0.1, 0.15) is 22.9 Å². The third-order valence-corrected chi connectivity index (χ3v) is 2.11. The van der Waals surface area contributed by atoms with Crippen molar-refractivity contribution in [2.75, 3.05) is 25.5 Å². The van der Waals surface area contributed by atoms with E-state index in [-0.39, 0.29) is 11.0 Å². The molecule has 1 heterocycles. The highest BCUT2D eigenvalue weighted by Gasteiger charge is 2.37. The zero-order chi connectivity index (χ0) is 11.6. The Balaban J connectivity index is 3.37. The summed E-state index contributed by atoms with van der Waals surface area (Å²) in [4.78, 5) is 8.71. The van der Waals surface area contributed by atoms with E-state index >= 15 is 0 Å². The van der Waals surface area contributed by atoms with E-state index < -0.39 is 18.0 Å². The van der Waals surface area contributed by atoms with Crippen LogP contribution in [0.5, 0.6) is 0 Å². The highest BCUT2D eigenvalue weighted by atomic mass is 35.5. The molecule has 0 spiro atoms. The monoisotopic (exact) mass is 236 g/mol. The first-order chi connectivity index (χ1) is 6.90. The van der Waals surface area contributed by atoms with E-state index in [1.807, 2.05) is 0 Å². The molecule has 0 aliphatic heterocycles. The largest absolute Gasteiger partial charge is 0.362 e. The molecule has 4 nitrogen and oxygen atoms in total. The maximum Gasteiger partial charge on any atom is 0.291 e. The lowest BCUT2D eigenvalue weighted by Gasteiger charge is -2.21.